The molecule has 2 unspecified atom stereocenters. The highest BCUT2D eigenvalue weighted by Gasteiger charge is 2.35. The van der Waals surface area contributed by atoms with Crippen molar-refractivity contribution in [2.75, 3.05) is 87.5 Å². The Hall–Kier alpha value is -4.88. The number of carbonyl (C=O) groups excluding carboxylic acids is 3. The summed E-state index contributed by atoms with van der Waals surface area (Å²) in [4.78, 5) is 43.2. The van der Waals surface area contributed by atoms with E-state index in [-0.39, 0.29) is 49.5 Å². The van der Waals surface area contributed by atoms with Crippen LogP contribution in [0.15, 0.2) is 57.3 Å². The molecule has 2 aromatic carbocycles. The molecule has 4 N–H and O–H groups in total. The van der Waals surface area contributed by atoms with Crippen LogP contribution in [0.3, 0.4) is 0 Å². The number of nitrogens with zero attached hydrogens (tertiary/aromatic N) is 6. The quantitative estimate of drug-likeness (QED) is 0.0824. The van der Waals surface area contributed by atoms with Crippen molar-refractivity contribution in [1.82, 2.24) is 9.80 Å². The first kappa shape index (κ1) is 45.8. The van der Waals surface area contributed by atoms with Gasteiger partial charge in [0.1, 0.15) is 30.5 Å². The maximum atomic E-state index is 12.4. The van der Waals surface area contributed by atoms with Crippen molar-refractivity contribution >= 4 is 71.4 Å². The average Bonchev–Trinajstić information content (AvgIpc) is 3.67. The summed E-state index contributed by atoms with van der Waals surface area (Å²) in [5.41, 5.74) is 13.3. The Morgan fingerprint density at radius 2 is 1.14 bits per heavy atom. The number of piperazine rings is 1. The SMILES string of the molecule is CC(C)OC(=O)CN1CCN(CC2CN(c3ccc(C(N)=NS(C)(=O)=O)cc3)C(=O)O2)CC1.CS(=O)(=O)N=C(N)c1ccc(N2CC(COS(C)(=O)=O)OC2=O)cc1. The van der Waals surface area contributed by atoms with Gasteiger partial charge in [-0.25, -0.2) is 26.4 Å². The lowest BCUT2D eigenvalue weighted by molar-refractivity contribution is -0.149. The molecule has 58 heavy (non-hydrogen) atoms. The number of anilines is 2. The number of ether oxygens (including phenoxy) is 3. The molecule has 0 bridgehead atoms. The van der Waals surface area contributed by atoms with Gasteiger partial charge in [0.25, 0.3) is 30.2 Å². The molecule has 5 rings (SSSR count). The monoisotopic (exact) mass is 872 g/mol. The number of carbonyl (C=O) groups is 3. The summed E-state index contributed by atoms with van der Waals surface area (Å²) in [7, 11) is -10.8. The number of nitrogens with two attached hydrogens (primary N) is 2. The molecule has 2 atom stereocenters. The molecule has 0 spiro atoms. The normalized spacial score (nSPS) is 20.1. The van der Waals surface area contributed by atoms with E-state index in [1.807, 2.05) is 13.8 Å². The van der Waals surface area contributed by atoms with Gasteiger partial charge in [-0.2, -0.15) is 8.42 Å². The fraction of sp³-hybridized carbons (Fsp3) is 0.500. The lowest BCUT2D eigenvalue weighted by atomic mass is 10.2. The van der Waals surface area contributed by atoms with Crippen molar-refractivity contribution < 1.29 is 58.0 Å². The Balaban J connectivity index is 0.000000267. The molecule has 3 aliphatic rings. The number of hydrogen-bond donors (Lipinski definition) is 2. The van der Waals surface area contributed by atoms with E-state index in [4.69, 9.17) is 25.7 Å². The van der Waals surface area contributed by atoms with Gasteiger partial charge in [0, 0.05) is 55.2 Å². The van der Waals surface area contributed by atoms with E-state index in [0.717, 1.165) is 44.9 Å². The van der Waals surface area contributed by atoms with E-state index >= 15 is 0 Å². The number of esters is 1. The Bertz CT molecular complexity index is 2190. The molecule has 0 aliphatic carbocycles. The Kier molecular flexibility index (Phi) is 15.2. The summed E-state index contributed by atoms with van der Waals surface area (Å²) in [5, 5.41) is 0. The van der Waals surface area contributed by atoms with Crippen LogP contribution in [0.2, 0.25) is 0 Å². The minimum atomic E-state index is -3.63. The highest BCUT2D eigenvalue weighted by molar-refractivity contribution is 7.89. The Labute approximate surface area is 337 Å². The van der Waals surface area contributed by atoms with Crippen LogP contribution in [0, 0.1) is 0 Å². The summed E-state index contributed by atoms with van der Waals surface area (Å²) in [6, 6.07) is 12.7. The maximum Gasteiger partial charge on any atom is 0.414 e. The van der Waals surface area contributed by atoms with Gasteiger partial charge in [0.15, 0.2) is 0 Å². The van der Waals surface area contributed by atoms with Crippen molar-refractivity contribution in [3.05, 3.63) is 59.7 Å². The van der Waals surface area contributed by atoms with Crippen molar-refractivity contribution in [3.63, 3.8) is 0 Å². The van der Waals surface area contributed by atoms with Gasteiger partial charge in [0.05, 0.1) is 44.5 Å². The van der Waals surface area contributed by atoms with E-state index in [1.54, 1.807) is 36.4 Å². The van der Waals surface area contributed by atoms with Gasteiger partial charge >= 0.3 is 18.2 Å². The third-order valence-electron chi connectivity index (χ3n) is 8.34. The lowest BCUT2D eigenvalue weighted by Crippen LogP contribution is -2.50. The molecule has 3 fully saturated rings. The maximum absolute atomic E-state index is 12.4. The van der Waals surface area contributed by atoms with Crippen molar-refractivity contribution in [2.24, 2.45) is 20.3 Å². The molecular weight excluding hydrogens is 825 g/mol. The second kappa shape index (κ2) is 19.2. The van der Waals surface area contributed by atoms with Gasteiger partial charge in [0.2, 0.25) is 0 Å². The van der Waals surface area contributed by atoms with Crippen molar-refractivity contribution in [1.29, 1.82) is 0 Å². The van der Waals surface area contributed by atoms with E-state index in [1.165, 1.54) is 21.9 Å². The number of cyclic esters (lactones) is 2. The highest BCUT2D eigenvalue weighted by Crippen LogP contribution is 2.24. The topological polar surface area (TPSA) is 280 Å². The first-order valence-electron chi connectivity index (χ1n) is 17.7. The Morgan fingerprint density at radius 3 is 1.55 bits per heavy atom. The molecule has 21 nitrogen and oxygen atoms in total. The number of amidine groups is 2. The highest BCUT2D eigenvalue weighted by atomic mass is 32.2. The molecule has 2 amide bonds. The van der Waals surface area contributed by atoms with E-state index in [2.05, 4.69) is 22.8 Å². The third-order valence-corrected chi connectivity index (χ3v) is 9.96. The van der Waals surface area contributed by atoms with Crippen LogP contribution < -0.4 is 21.3 Å². The number of sulfonamides is 2. The van der Waals surface area contributed by atoms with Crippen LogP contribution in [0.1, 0.15) is 25.0 Å². The molecule has 0 radical (unpaired) electrons. The average molecular weight is 873 g/mol. The first-order chi connectivity index (χ1) is 26.9. The zero-order valence-corrected chi connectivity index (χ0v) is 35.0. The van der Waals surface area contributed by atoms with Crippen molar-refractivity contribution in [2.45, 2.75) is 32.2 Å². The van der Waals surface area contributed by atoms with Crippen LogP contribution in [-0.4, -0.2) is 161 Å². The second-order valence-electron chi connectivity index (χ2n) is 13.8. The van der Waals surface area contributed by atoms with Gasteiger partial charge in [-0.1, -0.05) is 0 Å². The smallest absolute Gasteiger partial charge is 0.414 e. The first-order valence-corrected chi connectivity index (χ1v) is 23.2. The van der Waals surface area contributed by atoms with Gasteiger partial charge in [-0.3, -0.25) is 28.6 Å². The Morgan fingerprint density at radius 1 is 0.724 bits per heavy atom. The van der Waals surface area contributed by atoms with Crippen molar-refractivity contribution in [3.8, 4) is 0 Å². The van der Waals surface area contributed by atoms with E-state index < -0.39 is 48.5 Å². The van der Waals surface area contributed by atoms with Crippen LogP contribution in [-0.2, 0) is 53.4 Å². The summed E-state index contributed by atoms with van der Waals surface area (Å²) >= 11 is 0. The molecule has 24 heteroatoms. The van der Waals surface area contributed by atoms with Gasteiger partial charge in [-0.05, 0) is 62.4 Å². The lowest BCUT2D eigenvalue weighted by Gasteiger charge is -2.34. The summed E-state index contributed by atoms with van der Waals surface area (Å²) in [6.45, 7) is 7.85. The molecular formula is C34H48N8O13S3. The number of hydrogen-bond acceptors (Lipinski definition) is 15. The fourth-order valence-electron chi connectivity index (χ4n) is 5.83. The minimum Gasteiger partial charge on any atom is -0.462 e. The zero-order valence-electron chi connectivity index (χ0n) is 32.6. The summed E-state index contributed by atoms with van der Waals surface area (Å²) in [5.74, 6) is -0.491. The third kappa shape index (κ3) is 14.8. The molecule has 320 valence electrons. The standard InChI is InChI=1S/C21H31N5O6S.C13H17N3O7S2/c1-15(2)31-19(27)14-25-10-8-24(9-11-25)12-18-13-26(21(28)32-18)17-6-4-16(5-7-17)20(22)23-33(3,29)30;1-24(18,19)15-12(14)9-3-5-10(6-4-9)16-7-11(23-13(16)17)8-22-25(2,20)21/h4-7,15,18H,8-14H2,1-3H3,(H2,22,23);3-6,11H,7-8H2,1-2H3,(H2,14,15). The van der Waals surface area contributed by atoms with Crippen LogP contribution in [0.5, 0.6) is 0 Å². The molecule has 3 saturated heterocycles. The molecule has 0 saturated carbocycles. The second-order valence-corrected chi connectivity index (χ2v) is 18.8. The van der Waals surface area contributed by atoms with Gasteiger partial charge < -0.3 is 25.7 Å². The minimum absolute atomic E-state index is 0.109. The van der Waals surface area contributed by atoms with Crippen LogP contribution >= 0.6 is 0 Å². The predicted molar refractivity (Wildman–Crippen MR) is 214 cm³/mol. The fourth-order valence-corrected chi connectivity index (χ4v) is 7.16. The van der Waals surface area contributed by atoms with E-state index in [9.17, 15) is 39.6 Å². The molecule has 3 heterocycles. The summed E-state index contributed by atoms with van der Waals surface area (Å²) in [6.07, 6.45) is 0.608. The van der Waals surface area contributed by atoms with E-state index in [0.29, 0.717) is 35.6 Å². The van der Waals surface area contributed by atoms with Crippen LogP contribution in [0.25, 0.3) is 0 Å². The summed E-state index contributed by atoms with van der Waals surface area (Å²) < 4.78 is 93.9. The predicted octanol–water partition coefficient (Wildman–Crippen LogP) is -0.101. The molecule has 2 aromatic rings. The zero-order chi connectivity index (χ0) is 43.0. The van der Waals surface area contributed by atoms with Crippen LogP contribution in [0.4, 0.5) is 21.0 Å². The number of amides is 2. The number of benzene rings is 2. The molecule has 0 aromatic heterocycles. The molecule has 3 aliphatic heterocycles. The largest absolute Gasteiger partial charge is 0.462 e. The number of rotatable bonds is 14. The van der Waals surface area contributed by atoms with Gasteiger partial charge in [-0.15, -0.1) is 8.80 Å².